The van der Waals surface area contributed by atoms with Crippen molar-refractivity contribution in [3.05, 3.63) is 35.6 Å². The second kappa shape index (κ2) is 8.10. The summed E-state index contributed by atoms with van der Waals surface area (Å²) in [6, 6.07) is 6.72. The molecule has 0 aliphatic carbocycles. The number of carbonyl (C=O) groups is 1. The van der Waals surface area contributed by atoms with Crippen molar-refractivity contribution >= 4 is 27.4 Å². The smallest absolute Gasteiger partial charge is 0.244 e. The maximum Gasteiger partial charge on any atom is 0.244 e. The maximum atomic E-state index is 12.9. The number of nitrogens with zero attached hydrogens (tertiary/aromatic N) is 2. The van der Waals surface area contributed by atoms with Gasteiger partial charge in [-0.3, -0.25) is 4.79 Å². The van der Waals surface area contributed by atoms with Crippen molar-refractivity contribution in [3.8, 4) is 0 Å². The minimum absolute atomic E-state index is 0.0157. The van der Waals surface area contributed by atoms with Crippen LogP contribution in [0.2, 0.25) is 0 Å². The molecule has 3 rings (SSSR count). The molecule has 1 saturated heterocycles. The van der Waals surface area contributed by atoms with Crippen molar-refractivity contribution in [3.63, 3.8) is 0 Å². The molecule has 1 amide bonds. The van der Waals surface area contributed by atoms with Gasteiger partial charge in [0.05, 0.1) is 11.4 Å². The van der Waals surface area contributed by atoms with Gasteiger partial charge < -0.3 is 15.2 Å². The number of carbonyl (C=O) groups excluding carboxylic acids is 1. The van der Waals surface area contributed by atoms with Crippen LogP contribution >= 0.6 is 0 Å². The van der Waals surface area contributed by atoms with E-state index in [2.05, 4.69) is 15.8 Å². The highest BCUT2D eigenvalue weighted by atomic mass is 32.2. The van der Waals surface area contributed by atoms with Gasteiger partial charge in [-0.15, -0.1) is 0 Å². The molecule has 1 aliphatic rings. The normalized spacial score (nSPS) is 15.5. The summed E-state index contributed by atoms with van der Waals surface area (Å²) in [5, 5.41) is 9.27. The first-order valence-electron chi connectivity index (χ1n) is 8.94. The van der Waals surface area contributed by atoms with Gasteiger partial charge in [0, 0.05) is 24.8 Å². The highest BCUT2D eigenvalue weighted by Gasteiger charge is 2.27. The molecule has 1 aliphatic heterocycles. The van der Waals surface area contributed by atoms with Crippen molar-refractivity contribution in [1.82, 2.24) is 9.46 Å². The Hall–Kier alpha value is -2.39. The number of aryl methyl sites for hydroxylation is 2. The minimum Gasteiger partial charge on any atom is -0.376 e. The topological polar surface area (TPSA) is 105 Å². The molecule has 0 spiro atoms. The molecule has 1 fully saturated rings. The lowest BCUT2D eigenvalue weighted by molar-refractivity contribution is -0.114. The summed E-state index contributed by atoms with van der Waals surface area (Å²) in [4.78, 5) is 12.3. The van der Waals surface area contributed by atoms with Gasteiger partial charge in [-0.2, -0.15) is 4.31 Å². The summed E-state index contributed by atoms with van der Waals surface area (Å²) >= 11 is 0. The molecule has 2 N–H and O–H groups in total. The van der Waals surface area contributed by atoms with Gasteiger partial charge in [0.25, 0.3) is 0 Å². The molecule has 0 unspecified atom stereocenters. The van der Waals surface area contributed by atoms with Crippen LogP contribution in [0, 0.1) is 13.8 Å². The van der Waals surface area contributed by atoms with Gasteiger partial charge in [0.1, 0.15) is 5.76 Å². The third-order valence-electron chi connectivity index (χ3n) is 4.47. The zero-order valence-corrected chi connectivity index (χ0v) is 16.3. The van der Waals surface area contributed by atoms with E-state index in [1.807, 2.05) is 0 Å². The van der Waals surface area contributed by atoms with Gasteiger partial charge in [0.15, 0.2) is 5.82 Å². The van der Waals surface area contributed by atoms with Gasteiger partial charge in [-0.05, 0) is 44.4 Å². The van der Waals surface area contributed by atoms with Gasteiger partial charge in [-0.1, -0.05) is 17.6 Å². The third kappa shape index (κ3) is 4.67. The Labute approximate surface area is 159 Å². The molecular formula is C18H24N4O4S. The Morgan fingerprint density at radius 1 is 1.19 bits per heavy atom. The first-order chi connectivity index (χ1) is 12.9. The van der Waals surface area contributed by atoms with E-state index < -0.39 is 10.0 Å². The Balaban J connectivity index is 1.68. The second-order valence-electron chi connectivity index (χ2n) is 6.67. The molecule has 0 saturated carbocycles. The second-order valence-corrected chi connectivity index (χ2v) is 8.58. The Morgan fingerprint density at radius 2 is 1.93 bits per heavy atom. The summed E-state index contributed by atoms with van der Waals surface area (Å²) in [5.41, 5.74) is 1.26. The summed E-state index contributed by atoms with van der Waals surface area (Å²) in [5.74, 6) is 0.644. The highest BCUT2D eigenvalue weighted by molar-refractivity contribution is 7.89. The predicted molar refractivity (Wildman–Crippen MR) is 102 cm³/mol. The van der Waals surface area contributed by atoms with E-state index in [1.165, 1.54) is 0 Å². The number of aromatic nitrogens is 1. The average Bonchev–Trinajstić information content (AvgIpc) is 3.06. The summed E-state index contributed by atoms with van der Waals surface area (Å²) in [7, 11) is -3.53. The van der Waals surface area contributed by atoms with Crippen molar-refractivity contribution in [2.45, 2.75) is 38.0 Å². The molecule has 1 aromatic carbocycles. The highest BCUT2D eigenvalue weighted by Crippen LogP contribution is 2.26. The SMILES string of the molecule is Cc1cc(NC(=O)CNc2ccc(C)c(S(=O)(=O)N3CCCCC3)c2)no1. The number of amides is 1. The van der Waals surface area contributed by atoms with E-state index in [4.69, 9.17) is 4.52 Å². The first kappa shape index (κ1) is 19.4. The van der Waals surface area contributed by atoms with Crippen LogP contribution in [0.4, 0.5) is 11.5 Å². The lowest BCUT2D eigenvalue weighted by atomic mass is 10.2. The standard InChI is InChI=1S/C18H24N4O4S/c1-13-6-7-15(19-12-18(23)20-17-10-14(2)26-21-17)11-16(13)27(24,25)22-8-4-3-5-9-22/h6-7,10-11,19H,3-5,8-9,12H2,1-2H3,(H,20,21,23). The number of rotatable bonds is 6. The molecule has 2 heterocycles. The molecule has 27 heavy (non-hydrogen) atoms. The van der Waals surface area contributed by atoms with Crippen LogP contribution < -0.4 is 10.6 Å². The largest absolute Gasteiger partial charge is 0.376 e. The molecular weight excluding hydrogens is 368 g/mol. The van der Waals surface area contributed by atoms with E-state index in [0.29, 0.717) is 35.9 Å². The minimum atomic E-state index is -3.53. The fourth-order valence-electron chi connectivity index (χ4n) is 3.03. The van der Waals surface area contributed by atoms with E-state index in [-0.39, 0.29) is 17.3 Å². The molecule has 0 radical (unpaired) electrons. The Bertz CT molecular complexity index is 917. The molecule has 146 valence electrons. The first-order valence-corrected chi connectivity index (χ1v) is 10.4. The molecule has 0 bridgehead atoms. The van der Waals surface area contributed by atoms with Crippen molar-refractivity contribution in [1.29, 1.82) is 0 Å². The summed E-state index contributed by atoms with van der Waals surface area (Å²) in [6.45, 7) is 4.60. The monoisotopic (exact) mass is 392 g/mol. The van der Waals surface area contributed by atoms with Gasteiger partial charge in [-0.25, -0.2) is 8.42 Å². The van der Waals surface area contributed by atoms with Crippen LogP contribution in [-0.4, -0.2) is 43.4 Å². The van der Waals surface area contributed by atoms with Crippen molar-refractivity contribution in [2.75, 3.05) is 30.3 Å². The van der Waals surface area contributed by atoms with E-state index in [1.54, 1.807) is 42.4 Å². The van der Waals surface area contributed by atoms with Crippen LogP contribution in [0.25, 0.3) is 0 Å². The number of hydrogen-bond acceptors (Lipinski definition) is 6. The molecule has 9 heteroatoms. The molecule has 1 aromatic heterocycles. The van der Waals surface area contributed by atoms with Crippen LogP contribution in [0.5, 0.6) is 0 Å². The molecule has 2 aromatic rings. The van der Waals surface area contributed by atoms with Gasteiger partial charge >= 0.3 is 0 Å². The number of piperidine rings is 1. The van der Waals surface area contributed by atoms with Crippen LogP contribution in [-0.2, 0) is 14.8 Å². The lowest BCUT2D eigenvalue weighted by Crippen LogP contribution is -2.36. The number of anilines is 2. The zero-order chi connectivity index (χ0) is 19.4. The summed E-state index contributed by atoms with van der Waals surface area (Å²) < 4.78 is 32.3. The molecule has 8 nitrogen and oxygen atoms in total. The summed E-state index contributed by atoms with van der Waals surface area (Å²) in [6.07, 6.45) is 2.84. The van der Waals surface area contributed by atoms with E-state index >= 15 is 0 Å². The lowest BCUT2D eigenvalue weighted by Gasteiger charge is -2.26. The Kier molecular flexibility index (Phi) is 5.81. The fraction of sp³-hybridized carbons (Fsp3) is 0.444. The number of sulfonamides is 1. The van der Waals surface area contributed by atoms with Gasteiger partial charge in [0.2, 0.25) is 15.9 Å². The Morgan fingerprint density at radius 3 is 2.59 bits per heavy atom. The maximum absolute atomic E-state index is 12.9. The zero-order valence-electron chi connectivity index (χ0n) is 15.5. The number of hydrogen-bond donors (Lipinski definition) is 2. The van der Waals surface area contributed by atoms with Crippen LogP contribution in [0.15, 0.2) is 33.7 Å². The fourth-order valence-corrected chi connectivity index (χ4v) is 4.79. The van der Waals surface area contributed by atoms with Crippen LogP contribution in [0.3, 0.4) is 0 Å². The molecule has 0 atom stereocenters. The quantitative estimate of drug-likeness (QED) is 0.783. The van der Waals surface area contributed by atoms with E-state index in [0.717, 1.165) is 19.3 Å². The van der Waals surface area contributed by atoms with Crippen LogP contribution in [0.1, 0.15) is 30.6 Å². The third-order valence-corrected chi connectivity index (χ3v) is 6.51. The van der Waals surface area contributed by atoms with E-state index in [9.17, 15) is 13.2 Å². The average molecular weight is 392 g/mol. The number of benzene rings is 1. The number of nitrogens with one attached hydrogen (secondary N) is 2. The van der Waals surface area contributed by atoms with Crippen molar-refractivity contribution < 1.29 is 17.7 Å². The van der Waals surface area contributed by atoms with Crippen molar-refractivity contribution in [2.24, 2.45) is 0 Å². The predicted octanol–water partition coefficient (Wildman–Crippen LogP) is 2.52.